The van der Waals surface area contributed by atoms with Crippen LogP contribution in [0.4, 0.5) is 0 Å². The van der Waals surface area contributed by atoms with E-state index >= 15 is 0 Å². The van der Waals surface area contributed by atoms with Crippen molar-refractivity contribution < 1.29 is 9.47 Å². The van der Waals surface area contributed by atoms with Gasteiger partial charge in [-0.2, -0.15) is 0 Å². The van der Waals surface area contributed by atoms with E-state index in [0.29, 0.717) is 19.1 Å². The number of ether oxygens (including phenoxy) is 2. The molecule has 2 aromatic rings. The number of hydrogen-bond donors (Lipinski definition) is 2. The summed E-state index contributed by atoms with van der Waals surface area (Å²) in [6.07, 6.45) is 1.95. The first-order valence-electron chi connectivity index (χ1n) is 9.75. The van der Waals surface area contributed by atoms with Crippen LogP contribution in [0.1, 0.15) is 49.4 Å². The van der Waals surface area contributed by atoms with Crippen molar-refractivity contribution in [2.24, 2.45) is 4.99 Å². The lowest BCUT2D eigenvalue weighted by Crippen LogP contribution is -2.37. The van der Waals surface area contributed by atoms with E-state index < -0.39 is 0 Å². The van der Waals surface area contributed by atoms with E-state index in [9.17, 15) is 0 Å². The SMILES string of the molecule is CCOc1cc(CCCNC(=NC)NCc2csc(C(C)C)n2)ccc1OC.I. The van der Waals surface area contributed by atoms with Crippen molar-refractivity contribution in [2.75, 3.05) is 27.3 Å². The van der Waals surface area contributed by atoms with Gasteiger partial charge in [0.2, 0.25) is 0 Å². The average Bonchev–Trinajstić information content (AvgIpc) is 3.17. The van der Waals surface area contributed by atoms with Gasteiger partial charge in [0.25, 0.3) is 0 Å². The molecule has 2 rings (SSSR count). The van der Waals surface area contributed by atoms with Crippen molar-refractivity contribution in [2.45, 2.75) is 46.1 Å². The predicted molar refractivity (Wildman–Crippen MR) is 132 cm³/mol. The molecule has 0 amide bonds. The minimum Gasteiger partial charge on any atom is -0.493 e. The normalized spacial score (nSPS) is 11.2. The number of guanidine groups is 1. The molecule has 2 N–H and O–H groups in total. The Bertz CT molecular complexity index is 765. The predicted octanol–water partition coefficient (Wildman–Crippen LogP) is 4.59. The van der Waals surface area contributed by atoms with Crippen molar-refractivity contribution in [1.82, 2.24) is 15.6 Å². The Labute approximate surface area is 195 Å². The van der Waals surface area contributed by atoms with Gasteiger partial charge in [0.1, 0.15) is 0 Å². The lowest BCUT2D eigenvalue weighted by molar-refractivity contribution is 0.310. The maximum Gasteiger partial charge on any atom is 0.191 e. The summed E-state index contributed by atoms with van der Waals surface area (Å²) in [6.45, 7) is 8.45. The van der Waals surface area contributed by atoms with Crippen molar-refractivity contribution >= 4 is 41.3 Å². The van der Waals surface area contributed by atoms with E-state index in [-0.39, 0.29) is 24.0 Å². The lowest BCUT2D eigenvalue weighted by Gasteiger charge is -2.12. The summed E-state index contributed by atoms with van der Waals surface area (Å²) in [5.41, 5.74) is 2.29. The smallest absolute Gasteiger partial charge is 0.191 e. The van der Waals surface area contributed by atoms with Gasteiger partial charge in [-0.3, -0.25) is 4.99 Å². The summed E-state index contributed by atoms with van der Waals surface area (Å²) in [4.78, 5) is 8.92. The number of thiazole rings is 1. The summed E-state index contributed by atoms with van der Waals surface area (Å²) in [5, 5.41) is 9.96. The highest BCUT2D eigenvalue weighted by molar-refractivity contribution is 14.0. The fourth-order valence-electron chi connectivity index (χ4n) is 2.71. The molecule has 0 aliphatic carbocycles. The minimum atomic E-state index is 0. The van der Waals surface area contributed by atoms with Crippen molar-refractivity contribution in [1.29, 1.82) is 0 Å². The highest BCUT2D eigenvalue weighted by atomic mass is 127. The Morgan fingerprint density at radius 1 is 1.24 bits per heavy atom. The van der Waals surface area contributed by atoms with Gasteiger partial charge in [-0.25, -0.2) is 4.98 Å². The van der Waals surface area contributed by atoms with Gasteiger partial charge in [0.05, 0.1) is 31.0 Å². The third kappa shape index (κ3) is 8.38. The summed E-state index contributed by atoms with van der Waals surface area (Å²) in [7, 11) is 3.45. The highest BCUT2D eigenvalue weighted by Crippen LogP contribution is 2.28. The van der Waals surface area contributed by atoms with Gasteiger partial charge in [0, 0.05) is 24.9 Å². The van der Waals surface area contributed by atoms with Gasteiger partial charge < -0.3 is 20.1 Å². The molecule has 0 fully saturated rings. The Balaban J connectivity index is 0.00000420. The standard InChI is InChI=1S/C21H32N4O2S.HI/c1-6-27-19-12-16(9-10-18(19)26-5)8-7-11-23-21(22-4)24-13-17-14-28-20(25-17)15(2)3;/h9-10,12,14-15H,6-8,11,13H2,1-5H3,(H2,22,23,24);1H. The second-order valence-electron chi connectivity index (χ2n) is 6.71. The molecule has 0 spiro atoms. The second-order valence-corrected chi connectivity index (χ2v) is 7.60. The van der Waals surface area contributed by atoms with Crippen LogP contribution in [0.15, 0.2) is 28.6 Å². The number of benzene rings is 1. The Hall–Kier alpha value is -1.55. The maximum absolute atomic E-state index is 5.65. The number of aliphatic imine (C=N–C) groups is 1. The molecular formula is C21H33IN4O2S. The number of nitrogens with zero attached hydrogens (tertiary/aromatic N) is 2. The van der Waals surface area contributed by atoms with E-state index in [1.165, 1.54) is 10.6 Å². The molecular weight excluding hydrogens is 499 g/mol. The molecule has 0 unspecified atom stereocenters. The van der Waals surface area contributed by atoms with Gasteiger partial charge in [-0.15, -0.1) is 35.3 Å². The number of methoxy groups -OCH3 is 1. The molecule has 1 aromatic carbocycles. The first-order valence-corrected chi connectivity index (χ1v) is 10.6. The van der Waals surface area contributed by atoms with E-state index in [2.05, 4.69) is 52.0 Å². The molecule has 162 valence electrons. The number of nitrogens with one attached hydrogen (secondary N) is 2. The molecule has 1 heterocycles. The van der Waals surface area contributed by atoms with Crippen LogP contribution in [0.25, 0.3) is 0 Å². The van der Waals surface area contributed by atoms with Crippen LogP contribution in [0.3, 0.4) is 0 Å². The van der Waals surface area contributed by atoms with Gasteiger partial charge >= 0.3 is 0 Å². The van der Waals surface area contributed by atoms with Crippen molar-refractivity contribution in [3.05, 3.63) is 39.8 Å². The number of rotatable bonds is 10. The topological polar surface area (TPSA) is 67.8 Å². The highest BCUT2D eigenvalue weighted by Gasteiger charge is 2.07. The molecule has 0 radical (unpaired) electrons. The monoisotopic (exact) mass is 532 g/mol. The van der Waals surface area contributed by atoms with E-state index in [4.69, 9.17) is 9.47 Å². The molecule has 0 saturated carbocycles. The van der Waals surface area contributed by atoms with Crippen LogP contribution in [-0.2, 0) is 13.0 Å². The number of halogens is 1. The molecule has 0 atom stereocenters. The first kappa shape index (κ1) is 25.5. The lowest BCUT2D eigenvalue weighted by atomic mass is 10.1. The number of aromatic nitrogens is 1. The molecule has 6 nitrogen and oxygen atoms in total. The zero-order valence-electron chi connectivity index (χ0n) is 17.9. The fraction of sp³-hybridized carbons (Fsp3) is 0.524. The molecule has 1 aromatic heterocycles. The van der Waals surface area contributed by atoms with Crippen molar-refractivity contribution in [3.8, 4) is 11.5 Å². The fourth-order valence-corrected chi connectivity index (χ4v) is 3.54. The summed E-state index contributed by atoms with van der Waals surface area (Å²) in [6, 6.07) is 6.11. The maximum atomic E-state index is 5.65. The molecule has 0 saturated heterocycles. The van der Waals surface area contributed by atoms with E-state index in [0.717, 1.165) is 42.5 Å². The number of hydrogen-bond acceptors (Lipinski definition) is 5. The minimum absolute atomic E-state index is 0. The second kappa shape index (κ2) is 13.6. The molecule has 0 aliphatic rings. The van der Waals surface area contributed by atoms with Crippen LogP contribution in [-0.4, -0.2) is 38.3 Å². The Morgan fingerprint density at radius 2 is 2.03 bits per heavy atom. The van der Waals surface area contributed by atoms with Gasteiger partial charge in [-0.1, -0.05) is 19.9 Å². The molecule has 8 heteroatoms. The van der Waals surface area contributed by atoms with Crippen LogP contribution >= 0.6 is 35.3 Å². The summed E-state index contributed by atoms with van der Waals surface area (Å²) < 4.78 is 11.0. The Morgan fingerprint density at radius 3 is 2.66 bits per heavy atom. The number of aryl methyl sites for hydroxylation is 1. The molecule has 29 heavy (non-hydrogen) atoms. The van der Waals surface area contributed by atoms with Crippen LogP contribution < -0.4 is 20.1 Å². The average molecular weight is 532 g/mol. The third-order valence-corrected chi connectivity index (χ3v) is 5.38. The van der Waals surface area contributed by atoms with E-state index in [1.54, 1.807) is 25.5 Å². The van der Waals surface area contributed by atoms with Gasteiger partial charge in [0.15, 0.2) is 17.5 Å². The zero-order chi connectivity index (χ0) is 20.4. The van der Waals surface area contributed by atoms with Crippen LogP contribution in [0.2, 0.25) is 0 Å². The van der Waals surface area contributed by atoms with Crippen LogP contribution in [0.5, 0.6) is 11.5 Å². The molecule has 0 bridgehead atoms. The van der Waals surface area contributed by atoms with Crippen molar-refractivity contribution in [3.63, 3.8) is 0 Å². The van der Waals surface area contributed by atoms with Crippen LogP contribution in [0, 0.1) is 0 Å². The van der Waals surface area contributed by atoms with Gasteiger partial charge in [-0.05, 0) is 37.5 Å². The first-order chi connectivity index (χ1) is 13.6. The quantitative estimate of drug-likeness (QED) is 0.203. The summed E-state index contributed by atoms with van der Waals surface area (Å²) >= 11 is 1.71. The zero-order valence-corrected chi connectivity index (χ0v) is 21.1. The van der Waals surface area contributed by atoms with E-state index in [1.807, 2.05) is 13.0 Å². The molecule has 0 aliphatic heterocycles. The Kier molecular flexibility index (Phi) is 12.0. The third-order valence-electron chi connectivity index (χ3n) is 4.19. The largest absolute Gasteiger partial charge is 0.493 e. The summed E-state index contributed by atoms with van der Waals surface area (Å²) in [5.74, 6) is 2.84.